The van der Waals surface area contributed by atoms with Crippen molar-refractivity contribution < 1.29 is 9.11 Å². The second-order valence-electron chi connectivity index (χ2n) is 0.231. The average Bonchev–Trinajstić information content (AvgIpc) is 0.811. The van der Waals surface area contributed by atoms with E-state index in [1.807, 2.05) is 14.4 Å². The summed E-state index contributed by atoms with van der Waals surface area (Å²) in [7, 11) is -1.49. The molecule has 0 fully saturated rings. The molecule has 2 N–H and O–H groups in total. The van der Waals surface area contributed by atoms with Gasteiger partial charge in [0.15, 0.2) is 0 Å². The molecule has 4 heavy (non-hydrogen) atoms. The van der Waals surface area contributed by atoms with Gasteiger partial charge in [0.1, 0.15) is 0 Å². The van der Waals surface area contributed by atoms with Crippen molar-refractivity contribution >= 4 is 23.8 Å². The summed E-state index contributed by atoms with van der Waals surface area (Å²) in [6.07, 6.45) is 0. The second kappa shape index (κ2) is 2.05. The molecule has 2 nitrogen and oxygen atoms in total. The zero-order valence-electron chi connectivity index (χ0n) is 1.71. The fourth-order valence-corrected chi connectivity index (χ4v) is 0. The van der Waals surface area contributed by atoms with Crippen LogP contribution in [0.1, 0.15) is 0 Å². The van der Waals surface area contributed by atoms with Gasteiger partial charge < -0.3 is 0 Å². The Balaban J connectivity index is 2.80. The standard InChI is InChI=1S/H2O2SSe/c1-3(2)4/h(H2,1,2,4). The van der Waals surface area contributed by atoms with E-state index in [-0.39, 0.29) is 0 Å². The Hall–Kier alpha value is 0.789. The van der Waals surface area contributed by atoms with Gasteiger partial charge in [0.05, 0.1) is 0 Å². The van der Waals surface area contributed by atoms with Crippen LogP contribution in [0.2, 0.25) is 0 Å². The van der Waals surface area contributed by atoms with Gasteiger partial charge in [0, 0.05) is 0 Å². The number of rotatable bonds is 0. The van der Waals surface area contributed by atoms with Crippen LogP contribution in [0, 0.1) is 0 Å². The molecule has 0 aromatic heterocycles. The van der Waals surface area contributed by atoms with Crippen molar-refractivity contribution in [2.75, 3.05) is 0 Å². The molecule has 0 saturated carbocycles. The summed E-state index contributed by atoms with van der Waals surface area (Å²) in [6.45, 7) is 0. The van der Waals surface area contributed by atoms with Crippen molar-refractivity contribution in [1.82, 2.24) is 0 Å². The zero-order valence-corrected chi connectivity index (χ0v) is 4.24. The molecule has 0 radical (unpaired) electrons. The maximum atomic E-state index is 7.58. The Morgan fingerprint density at radius 1 is 1.50 bits per heavy atom. The quantitative estimate of drug-likeness (QED) is 0.481. The molecule has 0 aromatic carbocycles. The predicted molar refractivity (Wildman–Crippen MR) is 18.6 cm³/mol. The van der Waals surface area contributed by atoms with Gasteiger partial charge in [-0.05, 0) is 0 Å². The van der Waals surface area contributed by atoms with Crippen molar-refractivity contribution in [2.45, 2.75) is 0 Å². The van der Waals surface area contributed by atoms with Crippen LogP contribution in [0.15, 0.2) is 0 Å². The Bertz CT molecular complexity index is 29.0. The van der Waals surface area contributed by atoms with Gasteiger partial charge in [-0.25, -0.2) is 0 Å². The van der Waals surface area contributed by atoms with Crippen LogP contribution in [-0.2, 0) is 0 Å². The normalized spacial score (nSPS) is 8.75. The second-order valence-corrected chi connectivity index (χ2v) is 2.57. The molecule has 0 spiro atoms. The van der Waals surface area contributed by atoms with Crippen LogP contribution in [0.25, 0.3) is 0 Å². The van der Waals surface area contributed by atoms with E-state index in [1.165, 1.54) is 0 Å². The molecular formula is H2O2SSe. The van der Waals surface area contributed by atoms with Gasteiger partial charge in [-0.3, -0.25) is 0 Å². The van der Waals surface area contributed by atoms with Gasteiger partial charge in [-0.2, -0.15) is 0 Å². The van der Waals surface area contributed by atoms with Gasteiger partial charge in [0.25, 0.3) is 0 Å². The van der Waals surface area contributed by atoms with E-state index < -0.39 is 9.38 Å². The molecule has 4 heteroatoms. The maximum absolute atomic E-state index is 7.58. The van der Waals surface area contributed by atoms with E-state index in [1.54, 1.807) is 0 Å². The molecule has 0 amide bonds. The number of hydrogen-bond donors (Lipinski definition) is 2. The van der Waals surface area contributed by atoms with Crippen molar-refractivity contribution in [3.05, 3.63) is 0 Å². The molecule has 0 aliphatic carbocycles. The molecule has 0 unspecified atom stereocenters. The molecule has 26 valence electrons. The summed E-state index contributed by atoms with van der Waals surface area (Å²) < 4.78 is 15.2. The molecule has 0 aliphatic heterocycles. The van der Waals surface area contributed by atoms with Crippen molar-refractivity contribution in [3.63, 3.8) is 0 Å². The summed E-state index contributed by atoms with van der Waals surface area (Å²) in [4.78, 5) is 0. The van der Waals surface area contributed by atoms with E-state index >= 15 is 0 Å². The van der Waals surface area contributed by atoms with Gasteiger partial charge in [0.2, 0.25) is 0 Å². The molecule has 0 atom stereocenters. The van der Waals surface area contributed by atoms with Crippen LogP contribution in [0.3, 0.4) is 0 Å². The van der Waals surface area contributed by atoms with Crippen molar-refractivity contribution in [3.8, 4) is 0 Å². The average molecular weight is 145 g/mol. The van der Waals surface area contributed by atoms with Crippen molar-refractivity contribution in [1.29, 1.82) is 0 Å². The fraction of sp³-hybridized carbons (Fsp3) is 0. The van der Waals surface area contributed by atoms with Crippen LogP contribution < -0.4 is 0 Å². The first-order valence-electron chi connectivity index (χ1n) is 0.532. The first-order valence-corrected chi connectivity index (χ1v) is 3.69. The summed E-state index contributed by atoms with van der Waals surface area (Å²) in [5, 5.41) is 0. The fourth-order valence-electron chi connectivity index (χ4n) is 0. The molecular weight excluding hydrogens is 143 g/mol. The Kier molecular flexibility index (Phi) is 2.46. The molecule has 0 heterocycles. The van der Waals surface area contributed by atoms with Gasteiger partial charge >= 0.3 is 32.9 Å². The first kappa shape index (κ1) is 4.79. The van der Waals surface area contributed by atoms with Gasteiger partial charge in [-0.1, -0.05) is 0 Å². The third-order valence-corrected chi connectivity index (χ3v) is 0. The Morgan fingerprint density at radius 2 is 1.50 bits per heavy atom. The van der Waals surface area contributed by atoms with E-state index in [2.05, 4.69) is 0 Å². The van der Waals surface area contributed by atoms with Crippen LogP contribution >= 0.6 is 9.38 Å². The minimum atomic E-state index is -1.49. The van der Waals surface area contributed by atoms with Gasteiger partial charge in [-0.15, -0.1) is 0 Å². The zero-order chi connectivity index (χ0) is 3.58. The van der Waals surface area contributed by atoms with Crippen LogP contribution in [0.4, 0.5) is 0 Å². The molecule has 0 aromatic rings. The molecule has 0 aliphatic rings. The van der Waals surface area contributed by atoms with Crippen LogP contribution in [0.5, 0.6) is 0 Å². The summed E-state index contributed by atoms with van der Waals surface area (Å²) in [5.74, 6) is 0. The van der Waals surface area contributed by atoms with Crippen LogP contribution in [-0.4, -0.2) is 23.5 Å². The van der Waals surface area contributed by atoms with E-state index in [0.717, 1.165) is 0 Å². The van der Waals surface area contributed by atoms with Crippen molar-refractivity contribution in [2.24, 2.45) is 0 Å². The monoisotopic (exact) mass is 146 g/mol. The Morgan fingerprint density at radius 3 is 1.50 bits per heavy atom. The molecule has 0 saturated heterocycles. The summed E-state index contributed by atoms with van der Waals surface area (Å²) >= 11 is 2.04. The third-order valence-electron chi connectivity index (χ3n) is 0. The van der Waals surface area contributed by atoms with E-state index in [0.29, 0.717) is 0 Å². The Labute approximate surface area is 33.5 Å². The number of hydrogen-bond acceptors (Lipinski definition) is 2. The SMILES string of the molecule is OS(O)=[Se]. The minimum absolute atomic E-state index is 1.49. The third kappa shape index (κ3) is 14.3. The first-order chi connectivity index (χ1) is 1.73. The van der Waals surface area contributed by atoms with E-state index in [9.17, 15) is 0 Å². The topological polar surface area (TPSA) is 40.5 Å². The summed E-state index contributed by atoms with van der Waals surface area (Å²) in [6, 6.07) is 0. The molecule has 0 bridgehead atoms. The predicted octanol–water partition coefficient (Wildman–Crippen LogP) is 0.285. The summed E-state index contributed by atoms with van der Waals surface area (Å²) in [5.41, 5.74) is 0. The molecule has 0 rings (SSSR count). The van der Waals surface area contributed by atoms with E-state index in [4.69, 9.17) is 9.11 Å².